The number of carbonyl (C=O) groups excluding carboxylic acids is 1. The van der Waals surface area contributed by atoms with Gasteiger partial charge in [-0.2, -0.15) is 0 Å². The van der Waals surface area contributed by atoms with Gasteiger partial charge in [0, 0.05) is 16.3 Å². The first-order chi connectivity index (χ1) is 6.74. The number of rotatable bonds is 4. The predicted molar refractivity (Wildman–Crippen MR) is 58.2 cm³/mol. The van der Waals surface area contributed by atoms with E-state index in [2.05, 4.69) is 4.74 Å². The molecule has 2 N–H and O–H groups in total. The highest BCUT2D eigenvalue weighted by Gasteiger charge is 2.02. The third-order valence-corrected chi connectivity index (χ3v) is 2.80. The van der Waals surface area contributed by atoms with Gasteiger partial charge in [0.25, 0.3) is 0 Å². The lowest BCUT2D eigenvalue weighted by atomic mass is 10.3. The molecule has 1 aromatic carbocycles. The van der Waals surface area contributed by atoms with Crippen LogP contribution in [0.25, 0.3) is 0 Å². The van der Waals surface area contributed by atoms with Crippen LogP contribution in [0.2, 0.25) is 0 Å². The van der Waals surface area contributed by atoms with Crippen molar-refractivity contribution in [3.63, 3.8) is 0 Å². The largest absolute Gasteiger partial charge is 0.469 e. The molecule has 1 rings (SSSR count). The van der Waals surface area contributed by atoms with Crippen LogP contribution in [0.4, 0.5) is 5.69 Å². The number of hydrogen-bond donors (Lipinski definition) is 1. The SMILES string of the molecule is COC(=O)CCSc1ccccc1N. The number of nitrogens with two attached hydrogens (primary N) is 1. The Hall–Kier alpha value is -1.16. The van der Waals surface area contributed by atoms with Crippen molar-refractivity contribution in [2.75, 3.05) is 18.6 Å². The number of thioether (sulfide) groups is 1. The lowest BCUT2D eigenvalue weighted by Crippen LogP contribution is -2.01. The zero-order chi connectivity index (χ0) is 10.4. The van der Waals surface area contributed by atoms with Crippen molar-refractivity contribution in [3.8, 4) is 0 Å². The molecule has 0 aliphatic rings. The van der Waals surface area contributed by atoms with Crippen LogP contribution in [0.3, 0.4) is 0 Å². The Labute approximate surface area is 87.6 Å². The fourth-order valence-corrected chi connectivity index (χ4v) is 1.86. The lowest BCUT2D eigenvalue weighted by molar-refractivity contribution is -0.140. The molecule has 3 nitrogen and oxygen atoms in total. The second-order valence-corrected chi connectivity index (χ2v) is 3.85. The first-order valence-corrected chi connectivity index (χ1v) is 5.26. The smallest absolute Gasteiger partial charge is 0.306 e. The first-order valence-electron chi connectivity index (χ1n) is 4.28. The van der Waals surface area contributed by atoms with Gasteiger partial charge in [-0.15, -0.1) is 11.8 Å². The number of nitrogen functional groups attached to an aromatic ring is 1. The zero-order valence-electron chi connectivity index (χ0n) is 8.03. The summed E-state index contributed by atoms with van der Waals surface area (Å²) in [6.07, 6.45) is 0.412. The van der Waals surface area contributed by atoms with Crippen LogP contribution in [0.5, 0.6) is 0 Å². The number of para-hydroxylation sites is 1. The number of carbonyl (C=O) groups is 1. The summed E-state index contributed by atoms with van der Waals surface area (Å²) in [5.74, 6) is 0.507. The Balaban J connectivity index is 2.39. The monoisotopic (exact) mass is 211 g/mol. The van der Waals surface area contributed by atoms with Gasteiger partial charge >= 0.3 is 5.97 Å². The summed E-state index contributed by atoms with van der Waals surface area (Å²) in [5.41, 5.74) is 6.49. The van der Waals surface area contributed by atoms with Gasteiger partial charge in [0.1, 0.15) is 0 Å². The molecule has 4 heteroatoms. The molecule has 0 aliphatic carbocycles. The van der Waals surface area contributed by atoms with Crippen molar-refractivity contribution in [3.05, 3.63) is 24.3 Å². The maximum Gasteiger partial charge on any atom is 0.306 e. The molecule has 0 heterocycles. The van der Waals surface area contributed by atoms with E-state index in [-0.39, 0.29) is 5.97 Å². The average Bonchev–Trinajstić information content (AvgIpc) is 2.20. The highest BCUT2D eigenvalue weighted by atomic mass is 32.2. The van der Waals surface area contributed by atoms with E-state index in [1.807, 2.05) is 24.3 Å². The molecule has 0 fully saturated rings. The molecular formula is C10H13NO2S. The fourth-order valence-electron chi connectivity index (χ4n) is 0.958. The molecule has 0 radical (unpaired) electrons. The molecule has 0 amide bonds. The molecule has 0 aliphatic heterocycles. The quantitative estimate of drug-likeness (QED) is 0.469. The van der Waals surface area contributed by atoms with Crippen LogP contribution in [0.1, 0.15) is 6.42 Å². The van der Waals surface area contributed by atoms with E-state index in [0.29, 0.717) is 12.2 Å². The van der Waals surface area contributed by atoms with Gasteiger partial charge in [-0.3, -0.25) is 4.79 Å². The number of benzene rings is 1. The van der Waals surface area contributed by atoms with Crippen molar-refractivity contribution < 1.29 is 9.53 Å². The van der Waals surface area contributed by atoms with Gasteiger partial charge < -0.3 is 10.5 Å². The molecule has 0 saturated heterocycles. The summed E-state index contributed by atoms with van der Waals surface area (Å²) in [6, 6.07) is 7.61. The molecule has 76 valence electrons. The number of hydrogen-bond acceptors (Lipinski definition) is 4. The Morgan fingerprint density at radius 3 is 2.86 bits per heavy atom. The minimum atomic E-state index is -0.188. The van der Waals surface area contributed by atoms with Crippen molar-refractivity contribution in [1.29, 1.82) is 0 Å². The maximum atomic E-state index is 10.8. The van der Waals surface area contributed by atoms with Crippen molar-refractivity contribution in [2.45, 2.75) is 11.3 Å². The minimum absolute atomic E-state index is 0.188. The van der Waals surface area contributed by atoms with Crippen LogP contribution >= 0.6 is 11.8 Å². The van der Waals surface area contributed by atoms with Gasteiger partial charge in [-0.1, -0.05) is 12.1 Å². The molecule has 1 aromatic rings. The fraction of sp³-hybridized carbons (Fsp3) is 0.300. The third-order valence-electron chi connectivity index (χ3n) is 1.71. The Bertz CT molecular complexity index is 315. The summed E-state index contributed by atoms with van der Waals surface area (Å²) < 4.78 is 4.53. The molecule has 0 aromatic heterocycles. The van der Waals surface area contributed by atoms with Crippen LogP contribution in [-0.4, -0.2) is 18.8 Å². The van der Waals surface area contributed by atoms with E-state index < -0.39 is 0 Å². The Morgan fingerprint density at radius 2 is 2.21 bits per heavy atom. The van der Waals surface area contributed by atoms with Crippen LogP contribution in [0.15, 0.2) is 29.2 Å². The summed E-state index contributed by atoms with van der Waals surface area (Å²) in [6.45, 7) is 0. The van der Waals surface area contributed by atoms with E-state index in [1.54, 1.807) is 11.8 Å². The van der Waals surface area contributed by atoms with Crippen molar-refractivity contribution >= 4 is 23.4 Å². The number of anilines is 1. The molecule has 0 spiro atoms. The number of methoxy groups -OCH3 is 1. The minimum Gasteiger partial charge on any atom is -0.469 e. The maximum absolute atomic E-state index is 10.8. The zero-order valence-corrected chi connectivity index (χ0v) is 8.84. The number of ether oxygens (including phenoxy) is 1. The highest BCUT2D eigenvalue weighted by Crippen LogP contribution is 2.24. The van der Waals surface area contributed by atoms with E-state index >= 15 is 0 Å². The summed E-state index contributed by atoms with van der Waals surface area (Å²) in [5, 5.41) is 0. The summed E-state index contributed by atoms with van der Waals surface area (Å²) in [4.78, 5) is 11.8. The van der Waals surface area contributed by atoms with Crippen LogP contribution < -0.4 is 5.73 Å². The second-order valence-electron chi connectivity index (χ2n) is 2.71. The van der Waals surface area contributed by atoms with Crippen molar-refractivity contribution in [2.24, 2.45) is 0 Å². The summed E-state index contributed by atoms with van der Waals surface area (Å²) >= 11 is 1.56. The van der Waals surface area contributed by atoms with Gasteiger partial charge in [-0.25, -0.2) is 0 Å². The van der Waals surface area contributed by atoms with E-state index in [1.165, 1.54) is 7.11 Å². The molecule has 0 saturated carbocycles. The van der Waals surface area contributed by atoms with Gasteiger partial charge in [-0.05, 0) is 12.1 Å². The normalized spacial score (nSPS) is 9.79. The standard InChI is InChI=1S/C10H13NO2S/c1-13-10(12)6-7-14-9-5-3-2-4-8(9)11/h2-5H,6-7,11H2,1H3. The van der Waals surface area contributed by atoms with Crippen LogP contribution in [-0.2, 0) is 9.53 Å². The molecule has 0 atom stereocenters. The van der Waals surface area contributed by atoms with E-state index in [9.17, 15) is 4.79 Å². The lowest BCUT2D eigenvalue weighted by Gasteiger charge is -2.03. The van der Waals surface area contributed by atoms with Crippen molar-refractivity contribution in [1.82, 2.24) is 0 Å². The molecule has 14 heavy (non-hydrogen) atoms. The first kappa shape index (κ1) is 10.9. The van der Waals surface area contributed by atoms with Gasteiger partial charge in [0.2, 0.25) is 0 Å². The van der Waals surface area contributed by atoms with E-state index in [0.717, 1.165) is 10.6 Å². The molecule has 0 bridgehead atoms. The van der Waals surface area contributed by atoms with Gasteiger partial charge in [0.05, 0.1) is 13.5 Å². The highest BCUT2D eigenvalue weighted by molar-refractivity contribution is 7.99. The topological polar surface area (TPSA) is 52.3 Å². The third kappa shape index (κ3) is 3.30. The number of esters is 1. The molecule has 0 unspecified atom stereocenters. The average molecular weight is 211 g/mol. The Kier molecular flexibility index (Phi) is 4.32. The Morgan fingerprint density at radius 1 is 1.50 bits per heavy atom. The molecular weight excluding hydrogens is 198 g/mol. The summed E-state index contributed by atoms with van der Waals surface area (Å²) in [7, 11) is 1.39. The van der Waals surface area contributed by atoms with Gasteiger partial charge in [0.15, 0.2) is 0 Å². The van der Waals surface area contributed by atoms with E-state index in [4.69, 9.17) is 5.73 Å². The predicted octanol–water partition coefficient (Wildman–Crippen LogP) is 1.92. The second kappa shape index (κ2) is 5.54. The van der Waals surface area contributed by atoms with Crippen LogP contribution in [0, 0.1) is 0 Å².